The van der Waals surface area contributed by atoms with Crippen LogP contribution in [0.1, 0.15) is 312 Å². The zero-order valence-electron chi connectivity index (χ0n) is 87.6. The zero-order valence-corrected chi connectivity index (χ0v) is 87.6. The van der Waals surface area contributed by atoms with E-state index in [1.807, 2.05) is 315 Å². The average Bonchev–Trinajstić information content (AvgIpc) is 0.804. The van der Waals surface area contributed by atoms with Crippen LogP contribution in [-0.4, -0.2) is 62.9 Å². The predicted octanol–water partition coefficient (Wildman–Crippen LogP) is 36.2. The Morgan fingerprint density at radius 2 is 0.382 bits per heavy atom. The van der Waals surface area contributed by atoms with Gasteiger partial charge in [-0.05, 0) is 283 Å². The highest BCUT2D eigenvalue weighted by Crippen LogP contribution is 2.35. The molecule has 0 fully saturated rings. The number of esters is 5. The summed E-state index contributed by atoms with van der Waals surface area (Å²) >= 11 is 0. The van der Waals surface area contributed by atoms with Crippen molar-refractivity contribution in [2.45, 2.75) is 269 Å². The molecule has 12 rings (SSSR count). The minimum Gasteiger partial charge on any atom is -0.462 e. The Morgan fingerprint density at radius 3 is 0.641 bits per heavy atom. The second kappa shape index (κ2) is 77.9. The summed E-state index contributed by atoms with van der Waals surface area (Å²) in [5.74, 6) is -1.51. The van der Waals surface area contributed by atoms with Crippen molar-refractivity contribution in [1.82, 2.24) is 0 Å². The van der Waals surface area contributed by atoms with Gasteiger partial charge in [0.2, 0.25) is 0 Å². The summed E-state index contributed by atoms with van der Waals surface area (Å²) in [6, 6.07) is 89.6. The predicted molar refractivity (Wildman–Crippen MR) is 572 cm³/mol. The third-order valence-electron chi connectivity index (χ3n) is 18.4. The average molecular weight is 1780 g/mol. The lowest BCUT2D eigenvalue weighted by molar-refractivity contribution is 0.0517. The van der Waals surface area contributed by atoms with Crippen LogP contribution in [0.25, 0.3) is 89.0 Å². The first kappa shape index (κ1) is 125. The number of rotatable bonds is 21. The van der Waals surface area contributed by atoms with Gasteiger partial charge in [0.25, 0.3) is 0 Å². The molecule has 12 aromatic carbocycles. The standard InChI is InChI=1S/C25H24O4.3C24H24O2.12C2H6/c1-4-28-24(26)20-12-10-18(11-13-20)21-14-15-22(25(27)29-5-2)23(16-21)19-8-6-17(3)7-9-19;1-4-18-7-10-20(11-8-18)23-16-22(9-6-17(23)3)19-12-14-21(15-13-19)24(25)26-5-2;1-4-18-7-10-19(11-8-18)22-9-6-17(3)23(16-22)20-12-14-21(15-13-20)24(25)26-5-2;1-4-18-6-8-19(9-7-18)22-14-17(3)15-23(16-22)20-10-12-21(13-11-20)24(25)26-5-2;12*1-2/h6-16H,4-5H2,1-3H3;3*6-16H,4-5H2,1-3H3;12*1-2H3. The van der Waals surface area contributed by atoms with Crippen LogP contribution in [0, 0.1) is 27.7 Å². The minimum absolute atomic E-state index is 0.277. The van der Waals surface area contributed by atoms with Gasteiger partial charge in [0, 0.05) is 0 Å². The number of benzene rings is 12. The lowest BCUT2D eigenvalue weighted by Crippen LogP contribution is -2.06. The van der Waals surface area contributed by atoms with Gasteiger partial charge in [-0.3, -0.25) is 0 Å². The first-order valence-electron chi connectivity index (χ1n) is 49.0. The van der Waals surface area contributed by atoms with Crippen LogP contribution in [0.5, 0.6) is 0 Å². The number of carbonyl (C=O) groups excluding carboxylic acids is 5. The monoisotopic (exact) mass is 1780 g/mol. The van der Waals surface area contributed by atoms with Crippen molar-refractivity contribution in [3.05, 3.63) is 334 Å². The fourth-order valence-corrected chi connectivity index (χ4v) is 12.2. The van der Waals surface area contributed by atoms with Crippen molar-refractivity contribution in [2.75, 3.05) is 33.0 Å². The number of hydrogen-bond acceptors (Lipinski definition) is 10. The molecule has 0 bridgehead atoms. The molecule has 0 radical (unpaired) electrons. The molecule has 12 aromatic rings. The van der Waals surface area contributed by atoms with Crippen molar-refractivity contribution in [3.63, 3.8) is 0 Å². The Bertz CT molecular complexity index is 4940. The molecule has 10 nitrogen and oxygen atoms in total. The molecule has 0 aromatic heterocycles. The molecule has 712 valence electrons. The lowest BCUT2D eigenvalue weighted by Gasteiger charge is -2.12. The molecule has 0 aliphatic carbocycles. The van der Waals surface area contributed by atoms with Gasteiger partial charge >= 0.3 is 29.8 Å². The molecule has 0 atom stereocenters. The Balaban J connectivity index is -0.000000760. The summed E-state index contributed by atoms with van der Waals surface area (Å²) in [5, 5.41) is 0. The van der Waals surface area contributed by atoms with Crippen LogP contribution >= 0.6 is 0 Å². The van der Waals surface area contributed by atoms with Crippen molar-refractivity contribution < 1.29 is 47.7 Å². The normalized spacial score (nSPS) is 9.16. The molecule has 0 N–H and O–H groups in total. The van der Waals surface area contributed by atoms with E-state index < -0.39 is 0 Å². The van der Waals surface area contributed by atoms with Crippen molar-refractivity contribution in [1.29, 1.82) is 0 Å². The zero-order chi connectivity index (χ0) is 100. The van der Waals surface area contributed by atoms with E-state index in [1.165, 1.54) is 72.3 Å². The third kappa shape index (κ3) is 43.1. The number of carbonyl (C=O) groups is 5. The molecule has 131 heavy (non-hydrogen) atoms. The largest absolute Gasteiger partial charge is 0.462 e. The summed E-state index contributed by atoms with van der Waals surface area (Å²) in [7, 11) is 0. The van der Waals surface area contributed by atoms with Crippen LogP contribution in [0.2, 0.25) is 0 Å². The minimum atomic E-state index is -0.340. The van der Waals surface area contributed by atoms with E-state index in [1.54, 1.807) is 32.0 Å². The molecule has 10 heteroatoms. The van der Waals surface area contributed by atoms with E-state index in [2.05, 4.69) is 169 Å². The van der Waals surface area contributed by atoms with Crippen LogP contribution in [0.3, 0.4) is 0 Å². The fraction of sp³-hybridized carbons (Fsp3) is 0.364. The van der Waals surface area contributed by atoms with E-state index in [-0.39, 0.29) is 29.8 Å². The first-order valence-corrected chi connectivity index (χ1v) is 49.0. The topological polar surface area (TPSA) is 132 Å². The molecular weight excluding hydrogens is 1610 g/mol. The van der Waals surface area contributed by atoms with E-state index in [0.717, 1.165) is 74.9 Å². The van der Waals surface area contributed by atoms with Gasteiger partial charge in [0.1, 0.15) is 0 Å². The molecule has 0 saturated heterocycles. The quantitative estimate of drug-likeness (QED) is 0.0506. The second-order valence-corrected chi connectivity index (χ2v) is 25.8. The summed E-state index contributed by atoms with van der Waals surface area (Å²) in [5.41, 5.74) is 29.3. The molecule has 0 aliphatic rings. The highest BCUT2D eigenvalue weighted by molar-refractivity contribution is 5.99. The van der Waals surface area contributed by atoms with E-state index >= 15 is 0 Å². The number of aryl methyl sites for hydroxylation is 7. The van der Waals surface area contributed by atoms with Gasteiger partial charge in [-0.2, -0.15) is 0 Å². The number of hydrogen-bond donors (Lipinski definition) is 0. The highest BCUT2D eigenvalue weighted by Gasteiger charge is 2.18. The van der Waals surface area contributed by atoms with Crippen LogP contribution in [-0.2, 0) is 42.9 Å². The van der Waals surface area contributed by atoms with E-state index in [4.69, 9.17) is 23.7 Å². The summed E-state index contributed by atoms with van der Waals surface area (Å²) in [4.78, 5) is 59.8. The van der Waals surface area contributed by atoms with Gasteiger partial charge in [0.15, 0.2) is 0 Å². The molecule has 0 aliphatic heterocycles. The number of ether oxygens (including phenoxy) is 5. The fourth-order valence-electron chi connectivity index (χ4n) is 12.2. The maximum atomic E-state index is 12.5. The van der Waals surface area contributed by atoms with Gasteiger partial charge in [0.05, 0.1) is 60.9 Å². The molecule has 0 heterocycles. The molecule has 0 spiro atoms. The van der Waals surface area contributed by atoms with Crippen molar-refractivity contribution >= 4 is 29.8 Å². The first-order chi connectivity index (χ1) is 63.9. The molecule has 0 amide bonds. The van der Waals surface area contributed by atoms with Gasteiger partial charge < -0.3 is 23.7 Å². The molecular formula is C121H168O10. The third-order valence-corrected chi connectivity index (χ3v) is 18.4. The summed E-state index contributed by atoms with van der Waals surface area (Å²) in [6.07, 6.45) is 3.14. The van der Waals surface area contributed by atoms with Crippen LogP contribution < -0.4 is 0 Å². The second-order valence-electron chi connectivity index (χ2n) is 25.8. The van der Waals surface area contributed by atoms with Gasteiger partial charge in [-0.15, -0.1) is 0 Å². The maximum absolute atomic E-state index is 12.5. The van der Waals surface area contributed by atoms with Gasteiger partial charge in [-0.1, -0.05) is 381 Å². The Hall–Kier alpha value is -12.0. The Kier molecular flexibility index (Phi) is 74.5. The van der Waals surface area contributed by atoms with E-state index in [9.17, 15) is 24.0 Å². The summed E-state index contributed by atoms with van der Waals surface area (Å²) < 4.78 is 25.4. The Labute approximate surface area is 796 Å². The summed E-state index contributed by atoms with van der Waals surface area (Å²) in [6.45, 7) is 73.7. The van der Waals surface area contributed by atoms with Gasteiger partial charge in [-0.25, -0.2) is 24.0 Å². The van der Waals surface area contributed by atoms with Crippen LogP contribution in [0.15, 0.2) is 267 Å². The SMILES string of the molecule is CC.CC.CC.CC.CC.CC.CC.CC.CC.CC.CC.CC.CCOC(=O)c1ccc(-c2cc(-c3ccc(CC)cc3)ccc2C)cc1.CCOC(=O)c1ccc(-c2cc(C)cc(-c3ccc(CC)cc3)c2)cc1.CCOC(=O)c1ccc(-c2ccc(C(=O)OCC)c(-c3ccc(C)cc3)c2)cc1.CCOC(=O)c1ccc(-c2ccc(C)c(-c3ccc(CC)cc3)c2)cc1. The Morgan fingerprint density at radius 1 is 0.183 bits per heavy atom. The smallest absolute Gasteiger partial charge is 0.338 e. The maximum Gasteiger partial charge on any atom is 0.338 e. The molecule has 0 unspecified atom stereocenters. The van der Waals surface area contributed by atoms with Crippen molar-refractivity contribution in [2.24, 2.45) is 0 Å². The highest BCUT2D eigenvalue weighted by atomic mass is 16.5. The lowest BCUT2D eigenvalue weighted by atomic mass is 9.94. The van der Waals surface area contributed by atoms with Crippen molar-refractivity contribution in [3.8, 4) is 89.0 Å². The molecule has 0 saturated carbocycles. The van der Waals surface area contributed by atoms with Crippen LogP contribution in [0.4, 0.5) is 0 Å². The van der Waals surface area contributed by atoms with E-state index in [0.29, 0.717) is 60.9 Å².